The molecule has 2 aromatic carbocycles. The molecule has 0 saturated carbocycles. The highest BCUT2D eigenvalue weighted by Crippen LogP contribution is 2.27. The lowest BCUT2D eigenvalue weighted by Gasteiger charge is -2.14. The lowest BCUT2D eigenvalue weighted by molar-refractivity contribution is -0.113. The maximum absolute atomic E-state index is 12.5. The summed E-state index contributed by atoms with van der Waals surface area (Å²) in [7, 11) is 1.79. The molecule has 3 aromatic rings. The minimum absolute atomic E-state index is 0.124. The number of halogens is 3. The highest BCUT2D eigenvalue weighted by atomic mass is 127. The number of anilines is 1. The highest BCUT2D eigenvalue weighted by Gasteiger charge is 2.15. The fraction of sp³-hybridized carbons (Fsp3) is 0.273. The van der Waals surface area contributed by atoms with Gasteiger partial charge in [0.25, 0.3) is 5.91 Å². The van der Waals surface area contributed by atoms with Crippen molar-refractivity contribution in [3.05, 3.63) is 67.0 Å². The Morgan fingerprint density at radius 1 is 1.12 bits per heavy atom. The topological polar surface area (TPSA) is 88.9 Å². The van der Waals surface area contributed by atoms with Gasteiger partial charge in [0.15, 0.2) is 11.0 Å². The Hall–Kier alpha value is -1.82. The first-order chi connectivity index (χ1) is 15.7. The standard InChI is InChI=1S/C22H22Cl2IN5O2S/c1-12(2)15-9-14(25)5-7-18(15)27-20(31)11-33-22-29-28-19(30(22)3)10-26-21(32)13-4-6-16(23)17(24)8-13/h4-9,12H,10-11H2,1-3H3,(H,26,32)(H,27,31). The van der Waals surface area contributed by atoms with Crippen LogP contribution in [0, 0.1) is 3.57 Å². The summed E-state index contributed by atoms with van der Waals surface area (Å²) in [4.78, 5) is 24.9. The van der Waals surface area contributed by atoms with Crippen LogP contribution >= 0.6 is 57.6 Å². The van der Waals surface area contributed by atoms with Gasteiger partial charge in [0, 0.05) is 21.9 Å². The molecule has 174 valence electrons. The molecule has 7 nitrogen and oxygen atoms in total. The number of thioether (sulfide) groups is 1. The van der Waals surface area contributed by atoms with Gasteiger partial charge in [-0.05, 0) is 70.5 Å². The first-order valence-electron chi connectivity index (χ1n) is 9.99. The molecule has 0 bridgehead atoms. The maximum atomic E-state index is 12.5. The summed E-state index contributed by atoms with van der Waals surface area (Å²) in [5.41, 5.74) is 2.31. The molecule has 2 amide bonds. The minimum atomic E-state index is -0.302. The number of aromatic nitrogens is 3. The second kappa shape index (κ2) is 11.5. The number of carbonyl (C=O) groups excluding carboxylic acids is 2. The monoisotopic (exact) mass is 617 g/mol. The fourth-order valence-corrected chi connectivity index (χ4v) is 4.51. The van der Waals surface area contributed by atoms with Crippen molar-refractivity contribution in [2.45, 2.75) is 31.5 Å². The van der Waals surface area contributed by atoms with Gasteiger partial charge in [0.2, 0.25) is 5.91 Å². The number of rotatable bonds is 8. The Morgan fingerprint density at radius 2 is 1.88 bits per heavy atom. The van der Waals surface area contributed by atoms with Crippen molar-refractivity contribution in [2.24, 2.45) is 7.05 Å². The third-order valence-electron chi connectivity index (χ3n) is 4.76. The molecule has 1 heterocycles. The third-order valence-corrected chi connectivity index (χ3v) is 7.19. The van der Waals surface area contributed by atoms with E-state index in [1.165, 1.54) is 17.8 Å². The molecule has 0 aliphatic heterocycles. The molecule has 0 radical (unpaired) electrons. The number of nitrogens with one attached hydrogen (secondary N) is 2. The molecule has 2 N–H and O–H groups in total. The Balaban J connectivity index is 1.56. The highest BCUT2D eigenvalue weighted by molar-refractivity contribution is 14.1. The van der Waals surface area contributed by atoms with Crippen LogP contribution in [0.2, 0.25) is 10.0 Å². The van der Waals surface area contributed by atoms with Crippen LogP contribution in [-0.4, -0.2) is 32.3 Å². The normalized spacial score (nSPS) is 11.0. The van der Waals surface area contributed by atoms with Gasteiger partial charge in [-0.3, -0.25) is 9.59 Å². The van der Waals surface area contributed by atoms with Gasteiger partial charge in [-0.15, -0.1) is 10.2 Å². The van der Waals surface area contributed by atoms with E-state index in [4.69, 9.17) is 23.2 Å². The van der Waals surface area contributed by atoms with E-state index < -0.39 is 0 Å². The van der Waals surface area contributed by atoms with E-state index >= 15 is 0 Å². The zero-order chi connectivity index (χ0) is 24.1. The van der Waals surface area contributed by atoms with Gasteiger partial charge in [0.05, 0.1) is 22.3 Å². The van der Waals surface area contributed by atoms with E-state index in [9.17, 15) is 9.59 Å². The maximum Gasteiger partial charge on any atom is 0.251 e. The van der Waals surface area contributed by atoms with E-state index in [2.05, 4.69) is 63.3 Å². The number of benzene rings is 2. The second-order valence-corrected chi connectivity index (χ2v) is 10.5. The lowest BCUT2D eigenvalue weighted by atomic mass is 10.0. The van der Waals surface area contributed by atoms with Crippen molar-refractivity contribution < 1.29 is 9.59 Å². The molecule has 0 unspecified atom stereocenters. The van der Waals surface area contributed by atoms with Crippen LogP contribution in [0.5, 0.6) is 0 Å². The van der Waals surface area contributed by atoms with Crippen LogP contribution in [0.4, 0.5) is 5.69 Å². The van der Waals surface area contributed by atoms with E-state index in [0.717, 1.165) is 14.8 Å². The van der Waals surface area contributed by atoms with Gasteiger partial charge in [-0.25, -0.2) is 0 Å². The van der Waals surface area contributed by atoms with Crippen molar-refractivity contribution in [3.8, 4) is 0 Å². The molecular weight excluding hydrogens is 596 g/mol. The molecule has 0 saturated heterocycles. The number of amides is 2. The van der Waals surface area contributed by atoms with Crippen LogP contribution in [0.15, 0.2) is 41.6 Å². The smallest absolute Gasteiger partial charge is 0.251 e. The Labute approximate surface area is 220 Å². The van der Waals surface area contributed by atoms with Crippen molar-refractivity contribution >= 4 is 75.1 Å². The second-order valence-electron chi connectivity index (χ2n) is 7.49. The number of hydrogen-bond acceptors (Lipinski definition) is 5. The van der Waals surface area contributed by atoms with Crippen molar-refractivity contribution in [1.29, 1.82) is 0 Å². The molecule has 11 heteroatoms. The molecular formula is C22H22Cl2IN5O2S. The summed E-state index contributed by atoms with van der Waals surface area (Å²) in [6.45, 7) is 4.37. The quantitative estimate of drug-likeness (QED) is 0.257. The SMILES string of the molecule is CC(C)c1cc(I)ccc1NC(=O)CSc1nnc(CNC(=O)c2ccc(Cl)c(Cl)c2)n1C. The zero-order valence-corrected chi connectivity index (χ0v) is 22.6. The third kappa shape index (κ3) is 6.84. The van der Waals surface area contributed by atoms with Crippen LogP contribution < -0.4 is 10.6 Å². The zero-order valence-electron chi connectivity index (χ0n) is 18.2. The van der Waals surface area contributed by atoms with E-state index in [1.54, 1.807) is 23.7 Å². The van der Waals surface area contributed by atoms with Crippen LogP contribution in [-0.2, 0) is 18.4 Å². The summed E-state index contributed by atoms with van der Waals surface area (Å²) < 4.78 is 2.87. The average Bonchev–Trinajstić information content (AvgIpc) is 3.13. The van der Waals surface area contributed by atoms with Gasteiger partial charge in [0.1, 0.15) is 0 Å². The molecule has 0 fully saturated rings. The van der Waals surface area contributed by atoms with Crippen LogP contribution in [0.1, 0.15) is 41.5 Å². The summed E-state index contributed by atoms with van der Waals surface area (Å²) in [6, 6.07) is 10.6. The van der Waals surface area contributed by atoms with Gasteiger partial charge in [-0.1, -0.05) is 48.8 Å². The van der Waals surface area contributed by atoms with E-state index in [-0.39, 0.29) is 24.1 Å². The molecule has 0 atom stereocenters. The first kappa shape index (κ1) is 25.8. The Morgan fingerprint density at radius 3 is 2.58 bits per heavy atom. The lowest BCUT2D eigenvalue weighted by Crippen LogP contribution is -2.24. The fourth-order valence-electron chi connectivity index (χ4n) is 2.96. The number of hydrogen-bond donors (Lipinski definition) is 2. The predicted octanol–water partition coefficient (Wildman–Crippen LogP) is 5.51. The molecule has 1 aromatic heterocycles. The summed E-state index contributed by atoms with van der Waals surface area (Å²) in [5.74, 6) is 0.615. The Bertz CT molecular complexity index is 1190. The van der Waals surface area contributed by atoms with Gasteiger partial charge in [-0.2, -0.15) is 0 Å². The molecule has 3 rings (SSSR count). The Kier molecular flexibility index (Phi) is 9.02. The number of carbonyl (C=O) groups is 2. The van der Waals surface area contributed by atoms with Gasteiger partial charge >= 0.3 is 0 Å². The molecule has 0 aliphatic carbocycles. The summed E-state index contributed by atoms with van der Waals surface area (Å²) >= 11 is 15.4. The van der Waals surface area contributed by atoms with Crippen molar-refractivity contribution in [3.63, 3.8) is 0 Å². The summed E-state index contributed by atoms with van der Waals surface area (Å²) in [5, 5.41) is 15.3. The van der Waals surface area contributed by atoms with E-state index in [1.807, 2.05) is 12.1 Å². The van der Waals surface area contributed by atoms with Gasteiger partial charge < -0.3 is 15.2 Å². The van der Waals surface area contributed by atoms with Crippen LogP contribution in [0.25, 0.3) is 0 Å². The molecule has 0 spiro atoms. The van der Waals surface area contributed by atoms with Crippen molar-refractivity contribution in [1.82, 2.24) is 20.1 Å². The first-order valence-corrected chi connectivity index (χ1v) is 12.8. The molecule has 0 aliphatic rings. The average molecular weight is 618 g/mol. The summed E-state index contributed by atoms with van der Waals surface area (Å²) in [6.07, 6.45) is 0. The minimum Gasteiger partial charge on any atom is -0.345 e. The van der Waals surface area contributed by atoms with Crippen LogP contribution in [0.3, 0.4) is 0 Å². The largest absolute Gasteiger partial charge is 0.345 e. The molecule has 33 heavy (non-hydrogen) atoms. The number of nitrogens with zero attached hydrogens (tertiary/aromatic N) is 3. The predicted molar refractivity (Wildman–Crippen MR) is 141 cm³/mol. The van der Waals surface area contributed by atoms with E-state index in [0.29, 0.717) is 32.5 Å². The van der Waals surface area contributed by atoms with Crippen molar-refractivity contribution in [2.75, 3.05) is 11.1 Å².